The first kappa shape index (κ1) is 12.0. The monoisotopic (exact) mass is 244 g/mol. The minimum absolute atomic E-state index is 0.205. The number of carbonyl (C=O) groups is 1. The molecule has 5 nitrogen and oxygen atoms in total. The predicted molar refractivity (Wildman–Crippen MR) is 65.8 cm³/mol. The summed E-state index contributed by atoms with van der Waals surface area (Å²) in [6.07, 6.45) is 1.51. The van der Waals surface area contributed by atoms with Crippen molar-refractivity contribution in [3.8, 4) is 5.69 Å². The first-order valence-corrected chi connectivity index (χ1v) is 5.55. The Hall–Kier alpha value is -2.43. The topological polar surface area (TPSA) is 61.2 Å². The lowest BCUT2D eigenvalue weighted by Gasteiger charge is -2.06. The minimum atomic E-state index is -0.701. The van der Waals surface area contributed by atoms with Crippen LogP contribution in [0, 0.1) is 0 Å². The van der Waals surface area contributed by atoms with Gasteiger partial charge in [-0.05, 0) is 19.1 Å². The van der Waals surface area contributed by atoms with Crippen molar-refractivity contribution in [3.63, 3.8) is 0 Å². The fourth-order valence-electron chi connectivity index (χ4n) is 1.47. The van der Waals surface area contributed by atoms with Gasteiger partial charge in [0.1, 0.15) is 0 Å². The Labute approximate surface area is 104 Å². The lowest BCUT2D eigenvalue weighted by molar-refractivity contribution is 0.0515. The number of hydrogen-bond donors (Lipinski definition) is 0. The van der Waals surface area contributed by atoms with Crippen LogP contribution >= 0.6 is 0 Å². The molecule has 0 amide bonds. The molecule has 1 heterocycles. The Balaban J connectivity index is 2.44. The molecule has 0 atom stereocenters. The molecule has 2 rings (SSSR count). The van der Waals surface area contributed by atoms with E-state index >= 15 is 0 Å². The van der Waals surface area contributed by atoms with Crippen molar-refractivity contribution in [1.82, 2.24) is 9.78 Å². The van der Waals surface area contributed by atoms with Gasteiger partial charge in [0.2, 0.25) is 11.1 Å². The molecule has 0 bridgehead atoms. The van der Waals surface area contributed by atoms with Gasteiger partial charge < -0.3 is 4.74 Å². The maximum atomic E-state index is 11.6. The number of carbonyl (C=O) groups excluding carboxylic acids is 1. The van der Waals surface area contributed by atoms with Gasteiger partial charge in [-0.25, -0.2) is 9.48 Å². The fourth-order valence-corrected chi connectivity index (χ4v) is 1.47. The fraction of sp³-hybridized carbons (Fsp3) is 0.154. The van der Waals surface area contributed by atoms with Gasteiger partial charge in [-0.1, -0.05) is 18.2 Å². The number of rotatable bonds is 3. The smallest absolute Gasteiger partial charge is 0.362 e. The molecule has 0 aliphatic heterocycles. The van der Waals surface area contributed by atoms with Gasteiger partial charge in [0.15, 0.2) is 0 Å². The molecular weight excluding hydrogens is 232 g/mol. The van der Waals surface area contributed by atoms with Crippen LogP contribution in [-0.4, -0.2) is 22.4 Å². The second-order valence-electron chi connectivity index (χ2n) is 3.53. The highest BCUT2D eigenvalue weighted by Gasteiger charge is 2.13. The van der Waals surface area contributed by atoms with Crippen molar-refractivity contribution in [2.75, 3.05) is 6.61 Å². The van der Waals surface area contributed by atoms with Crippen LogP contribution in [0.3, 0.4) is 0 Å². The molecule has 0 unspecified atom stereocenters. The number of aromatic nitrogens is 2. The summed E-state index contributed by atoms with van der Waals surface area (Å²) in [6.45, 7) is 1.89. The second-order valence-corrected chi connectivity index (χ2v) is 3.53. The van der Waals surface area contributed by atoms with Crippen molar-refractivity contribution < 1.29 is 9.53 Å². The van der Waals surface area contributed by atoms with Gasteiger partial charge >= 0.3 is 5.97 Å². The number of ether oxygens (including phenoxy) is 1. The SMILES string of the molecule is CCOC(=O)c1nn(-c2ccccc2)ccc1=O. The van der Waals surface area contributed by atoms with E-state index < -0.39 is 11.4 Å². The predicted octanol–water partition coefficient (Wildman–Crippen LogP) is 1.41. The molecule has 0 aliphatic carbocycles. The van der Waals surface area contributed by atoms with E-state index in [0.29, 0.717) is 0 Å². The minimum Gasteiger partial charge on any atom is -0.461 e. The van der Waals surface area contributed by atoms with E-state index in [9.17, 15) is 9.59 Å². The maximum Gasteiger partial charge on any atom is 0.362 e. The van der Waals surface area contributed by atoms with Crippen molar-refractivity contribution in [2.24, 2.45) is 0 Å². The molecule has 1 aromatic carbocycles. The zero-order chi connectivity index (χ0) is 13.0. The zero-order valence-corrected chi connectivity index (χ0v) is 9.87. The highest BCUT2D eigenvalue weighted by molar-refractivity contribution is 5.86. The average Bonchev–Trinajstić information content (AvgIpc) is 2.40. The summed E-state index contributed by atoms with van der Waals surface area (Å²) in [7, 11) is 0. The number of para-hydroxylation sites is 1. The van der Waals surface area contributed by atoms with Crippen LogP contribution in [0.4, 0.5) is 0 Å². The van der Waals surface area contributed by atoms with Crippen LogP contribution in [0.5, 0.6) is 0 Å². The van der Waals surface area contributed by atoms with Crippen LogP contribution < -0.4 is 5.43 Å². The number of nitrogens with zero attached hydrogens (tertiary/aromatic N) is 2. The Kier molecular flexibility index (Phi) is 3.52. The third-order valence-corrected chi connectivity index (χ3v) is 2.30. The highest BCUT2D eigenvalue weighted by atomic mass is 16.5. The number of hydrogen-bond acceptors (Lipinski definition) is 4. The molecule has 0 aliphatic rings. The molecule has 0 radical (unpaired) electrons. The summed E-state index contributed by atoms with van der Waals surface area (Å²) >= 11 is 0. The third kappa shape index (κ3) is 2.45. The van der Waals surface area contributed by atoms with E-state index in [1.54, 1.807) is 6.92 Å². The van der Waals surface area contributed by atoms with E-state index in [1.807, 2.05) is 30.3 Å². The molecule has 0 saturated heterocycles. The van der Waals surface area contributed by atoms with E-state index in [-0.39, 0.29) is 12.3 Å². The second kappa shape index (κ2) is 5.27. The van der Waals surface area contributed by atoms with Gasteiger partial charge in [0.05, 0.1) is 12.3 Å². The third-order valence-electron chi connectivity index (χ3n) is 2.30. The van der Waals surface area contributed by atoms with Crippen molar-refractivity contribution in [1.29, 1.82) is 0 Å². The average molecular weight is 244 g/mol. The van der Waals surface area contributed by atoms with Crippen molar-refractivity contribution in [3.05, 3.63) is 58.5 Å². The molecule has 18 heavy (non-hydrogen) atoms. The van der Waals surface area contributed by atoms with E-state index in [2.05, 4.69) is 5.10 Å². The van der Waals surface area contributed by atoms with Gasteiger partial charge in [-0.2, -0.15) is 5.10 Å². The van der Waals surface area contributed by atoms with E-state index in [4.69, 9.17) is 4.74 Å². The highest BCUT2D eigenvalue weighted by Crippen LogP contribution is 2.04. The van der Waals surface area contributed by atoms with Gasteiger partial charge in [-0.15, -0.1) is 0 Å². The summed E-state index contributed by atoms with van der Waals surface area (Å²) in [5.41, 5.74) is 0.117. The zero-order valence-electron chi connectivity index (χ0n) is 9.87. The normalized spacial score (nSPS) is 10.1. The Bertz CT molecular complexity index is 605. The number of benzene rings is 1. The summed E-state index contributed by atoms with van der Waals surface area (Å²) in [4.78, 5) is 23.1. The molecule has 1 aromatic heterocycles. The molecule has 0 saturated carbocycles. The summed E-state index contributed by atoms with van der Waals surface area (Å²) in [6, 6.07) is 10.5. The molecule has 92 valence electrons. The van der Waals surface area contributed by atoms with Crippen LogP contribution in [-0.2, 0) is 4.74 Å². The molecule has 0 N–H and O–H groups in total. The molecule has 2 aromatic rings. The van der Waals surface area contributed by atoms with E-state index in [1.165, 1.54) is 16.9 Å². The van der Waals surface area contributed by atoms with Crippen LogP contribution in [0.15, 0.2) is 47.4 Å². The lowest BCUT2D eigenvalue weighted by atomic mass is 10.3. The first-order chi connectivity index (χ1) is 8.72. The maximum absolute atomic E-state index is 11.6. The Morgan fingerprint density at radius 3 is 2.67 bits per heavy atom. The molecule has 5 heteroatoms. The Morgan fingerprint density at radius 2 is 2.00 bits per heavy atom. The first-order valence-electron chi connectivity index (χ1n) is 5.55. The van der Waals surface area contributed by atoms with Crippen molar-refractivity contribution >= 4 is 5.97 Å². The van der Waals surface area contributed by atoms with Crippen LogP contribution in [0.1, 0.15) is 17.4 Å². The summed E-state index contributed by atoms with van der Waals surface area (Å²) in [5, 5.41) is 3.99. The van der Waals surface area contributed by atoms with Gasteiger partial charge in [0.25, 0.3) is 0 Å². The molecule has 0 spiro atoms. The van der Waals surface area contributed by atoms with Gasteiger partial charge in [-0.3, -0.25) is 4.79 Å². The lowest BCUT2D eigenvalue weighted by Crippen LogP contribution is -2.22. The molecular formula is C13H12N2O3. The quantitative estimate of drug-likeness (QED) is 0.766. The molecule has 0 fully saturated rings. The van der Waals surface area contributed by atoms with Crippen LogP contribution in [0.2, 0.25) is 0 Å². The summed E-state index contributed by atoms with van der Waals surface area (Å²) in [5.74, 6) is -0.701. The number of esters is 1. The largest absolute Gasteiger partial charge is 0.461 e. The van der Waals surface area contributed by atoms with Gasteiger partial charge in [0, 0.05) is 12.3 Å². The van der Waals surface area contributed by atoms with Crippen molar-refractivity contribution in [2.45, 2.75) is 6.92 Å². The van der Waals surface area contributed by atoms with Crippen LogP contribution in [0.25, 0.3) is 5.69 Å². The van der Waals surface area contributed by atoms with E-state index in [0.717, 1.165) is 5.69 Å². The standard InChI is InChI=1S/C13H12N2O3/c1-2-18-13(17)12-11(16)8-9-15(14-12)10-6-4-3-5-7-10/h3-9H,2H2,1H3. The summed E-state index contributed by atoms with van der Waals surface area (Å²) < 4.78 is 6.25. The Morgan fingerprint density at radius 1 is 1.28 bits per heavy atom.